The molecule has 3 aromatic carbocycles. The van der Waals surface area contributed by atoms with E-state index in [0.29, 0.717) is 5.56 Å². The molecule has 1 aliphatic heterocycles. The number of nitrogens with zero attached hydrogens (tertiary/aromatic N) is 1. The van der Waals surface area contributed by atoms with Gasteiger partial charge in [-0.1, -0.05) is 90.5 Å². The lowest BCUT2D eigenvalue weighted by molar-refractivity contribution is -0.142. The highest BCUT2D eigenvalue weighted by atomic mass is 16.2. The Morgan fingerprint density at radius 2 is 1.24 bits per heavy atom. The predicted octanol–water partition coefficient (Wildman–Crippen LogP) is 4.38. The Morgan fingerprint density at radius 3 is 1.73 bits per heavy atom. The van der Waals surface area contributed by atoms with Gasteiger partial charge in [0.15, 0.2) is 0 Å². The van der Waals surface area contributed by atoms with Gasteiger partial charge in [0.25, 0.3) is 17.7 Å². The Hall–Kier alpha value is -3.99. The second-order valence-corrected chi connectivity index (χ2v) is 8.63. The van der Waals surface area contributed by atoms with E-state index in [1.54, 1.807) is 18.2 Å². The highest BCUT2D eigenvalue weighted by Crippen LogP contribution is 2.48. The van der Waals surface area contributed by atoms with Crippen LogP contribution >= 0.6 is 0 Å². The molecule has 0 unspecified atom stereocenters. The molecule has 1 N–H and O–H groups in total. The molecule has 5 nitrogen and oxygen atoms in total. The standard InChI is InChI=1S/C28H24N2O3/c1-18-9-8-14-21(17-18)26(31)29-30-27(32)24-22(19-10-4-2-5-11-19)15-16-23(25(24)28(30)33)20-12-6-3-7-13-20/h2-17,22-25H,1H3,(H,29,31)/t22-,23+,24-,25-/m0/s1. The maximum atomic E-state index is 13.6. The van der Waals surface area contributed by atoms with Gasteiger partial charge in [0.1, 0.15) is 0 Å². The third kappa shape index (κ3) is 3.76. The number of amides is 3. The molecule has 0 aromatic heterocycles. The van der Waals surface area contributed by atoms with Crippen molar-refractivity contribution in [2.24, 2.45) is 11.8 Å². The molecule has 164 valence electrons. The molecule has 0 spiro atoms. The van der Waals surface area contributed by atoms with Gasteiger partial charge in [0, 0.05) is 17.4 Å². The fourth-order valence-electron chi connectivity index (χ4n) is 5.00. The van der Waals surface area contributed by atoms with Crippen LogP contribution in [0.3, 0.4) is 0 Å². The number of imide groups is 1. The van der Waals surface area contributed by atoms with Crippen molar-refractivity contribution in [2.75, 3.05) is 0 Å². The third-order valence-corrected chi connectivity index (χ3v) is 6.56. The molecule has 4 atom stereocenters. The zero-order valence-corrected chi connectivity index (χ0v) is 18.2. The van der Waals surface area contributed by atoms with E-state index in [-0.39, 0.29) is 23.7 Å². The lowest BCUT2D eigenvalue weighted by Gasteiger charge is -2.32. The number of carbonyl (C=O) groups is 3. The van der Waals surface area contributed by atoms with Gasteiger partial charge in [-0.2, -0.15) is 5.01 Å². The minimum atomic E-state index is -0.590. The maximum absolute atomic E-state index is 13.6. The number of nitrogens with one attached hydrogen (secondary N) is 1. The van der Waals surface area contributed by atoms with Crippen LogP contribution in [0.25, 0.3) is 0 Å². The normalized spacial score (nSPS) is 24.0. The molecule has 33 heavy (non-hydrogen) atoms. The molecule has 3 amide bonds. The molecular formula is C28H24N2O3. The van der Waals surface area contributed by atoms with Crippen LogP contribution in [0.2, 0.25) is 0 Å². The quantitative estimate of drug-likeness (QED) is 0.488. The monoisotopic (exact) mass is 436 g/mol. The number of allylic oxidation sites excluding steroid dienone is 2. The Bertz CT molecular complexity index is 1170. The third-order valence-electron chi connectivity index (χ3n) is 6.56. The van der Waals surface area contributed by atoms with Gasteiger partial charge in [-0.15, -0.1) is 0 Å². The molecule has 1 heterocycles. The Labute approximate surface area is 192 Å². The number of rotatable bonds is 4. The van der Waals surface area contributed by atoms with Crippen LogP contribution in [0, 0.1) is 18.8 Å². The van der Waals surface area contributed by atoms with Crippen LogP contribution in [0.15, 0.2) is 97.1 Å². The highest BCUT2D eigenvalue weighted by molar-refractivity contribution is 6.09. The van der Waals surface area contributed by atoms with Crippen molar-refractivity contribution in [3.63, 3.8) is 0 Å². The van der Waals surface area contributed by atoms with E-state index in [0.717, 1.165) is 21.7 Å². The van der Waals surface area contributed by atoms with Gasteiger partial charge >= 0.3 is 0 Å². The molecule has 0 bridgehead atoms. The summed E-state index contributed by atoms with van der Waals surface area (Å²) in [6.45, 7) is 1.89. The molecule has 2 aliphatic rings. The van der Waals surface area contributed by atoms with Crippen LogP contribution in [0.4, 0.5) is 0 Å². The number of carbonyl (C=O) groups excluding carboxylic acids is 3. The van der Waals surface area contributed by atoms with Crippen molar-refractivity contribution < 1.29 is 14.4 Å². The van der Waals surface area contributed by atoms with Crippen molar-refractivity contribution in [2.45, 2.75) is 18.8 Å². The fraction of sp³-hybridized carbons (Fsp3) is 0.179. The first-order valence-electron chi connectivity index (χ1n) is 11.1. The highest BCUT2D eigenvalue weighted by Gasteiger charge is 2.55. The number of aryl methyl sites for hydroxylation is 1. The van der Waals surface area contributed by atoms with Crippen LogP contribution < -0.4 is 5.43 Å². The summed E-state index contributed by atoms with van der Waals surface area (Å²) in [5, 5.41) is 0.943. The Kier molecular flexibility index (Phi) is 5.38. The Balaban J connectivity index is 1.52. The van der Waals surface area contributed by atoms with E-state index in [4.69, 9.17) is 0 Å². The van der Waals surface area contributed by atoms with Gasteiger partial charge in [-0.3, -0.25) is 19.8 Å². The summed E-state index contributed by atoms with van der Waals surface area (Å²) in [6, 6.07) is 26.5. The van der Waals surface area contributed by atoms with Crippen LogP contribution in [0.1, 0.15) is 38.9 Å². The average molecular weight is 437 g/mol. The first kappa shape index (κ1) is 20.9. The topological polar surface area (TPSA) is 66.5 Å². The minimum Gasteiger partial charge on any atom is -0.272 e. The van der Waals surface area contributed by atoms with Gasteiger partial charge in [-0.05, 0) is 30.2 Å². The molecule has 0 saturated carbocycles. The van der Waals surface area contributed by atoms with E-state index in [1.807, 2.05) is 85.8 Å². The number of fused-ring (bicyclic) bond motifs is 1. The van der Waals surface area contributed by atoms with Crippen molar-refractivity contribution >= 4 is 17.7 Å². The first-order chi connectivity index (χ1) is 16.0. The van der Waals surface area contributed by atoms with E-state index in [2.05, 4.69) is 5.43 Å². The van der Waals surface area contributed by atoms with E-state index in [9.17, 15) is 14.4 Å². The van der Waals surface area contributed by atoms with Crippen LogP contribution in [-0.4, -0.2) is 22.7 Å². The molecule has 1 saturated heterocycles. The van der Waals surface area contributed by atoms with Crippen LogP contribution in [-0.2, 0) is 9.59 Å². The summed E-state index contributed by atoms with van der Waals surface area (Å²) in [4.78, 5) is 40.1. The Morgan fingerprint density at radius 1 is 0.727 bits per heavy atom. The lowest BCUT2D eigenvalue weighted by atomic mass is 9.68. The summed E-state index contributed by atoms with van der Waals surface area (Å²) < 4.78 is 0. The van der Waals surface area contributed by atoms with E-state index in [1.165, 1.54) is 0 Å². The van der Waals surface area contributed by atoms with Crippen molar-refractivity contribution in [1.82, 2.24) is 10.4 Å². The molecule has 1 aliphatic carbocycles. The van der Waals surface area contributed by atoms with Crippen LogP contribution in [0.5, 0.6) is 0 Å². The van der Waals surface area contributed by atoms with Gasteiger partial charge in [0.05, 0.1) is 11.8 Å². The summed E-state index contributed by atoms with van der Waals surface area (Å²) >= 11 is 0. The number of hydrazine groups is 1. The molecule has 1 fully saturated rings. The zero-order chi connectivity index (χ0) is 22.9. The maximum Gasteiger partial charge on any atom is 0.270 e. The smallest absolute Gasteiger partial charge is 0.270 e. The lowest BCUT2D eigenvalue weighted by Crippen LogP contribution is -2.46. The number of hydrogen-bond acceptors (Lipinski definition) is 3. The second kappa shape index (κ2) is 8.51. The molecule has 5 heteroatoms. The minimum absolute atomic E-state index is 0.242. The van der Waals surface area contributed by atoms with Crippen molar-refractivity contribution in [3.8, 4) is 0 Å². The summed E-state index contributed by atoms with van der Waals surface area (Å²) in [5.74, 6) is -2.88. The largest absolute Gasteiger partial charge is 0.272 e. The van der Waals surface area contributed by atoms with E-state index < -0.39 is 17.7 Å². The molecule has 3 aromatic rings. The molecule has 5 rings (SSSR count). The van der Waals surface area contributed by atoms with E-state index >= 15 is 0 Å². The van der Waals surface area contributed by atoms with Crippen molar-refractivity contribution in [3.05, 3.63) is 119 Å². The van der Waals surface area contributed by atoms with Gasteiger partial charge in [-0.25, -0.2) is 0 Å². The summed E-state index contributed by atoms with van der Waals surface area (Å²) in [5.41, 5.74) is 5.87. The van der Waals surface area contributed by atoms with Gasteiger partial charge < -0.3 is 0 Å². The fourth-order valence-corrected chi connectivity index (χ4v) is 5.00. The second-order valence-electron chi connectivity index (χ2n) is 8.63. The molecule has 0 radical (unpaired) electrons. The van der Waals surface area contributed by atoms with Crippen molar-refractivity contribution in [1.29, 1.82) is 0 Å². The summed E-state index contributed by atoms with van der Waals surface area (Å²) in [6.07, 6.45) is 4.07. The zero-order valence-electron chi connectivity index (χ0n) is 18.2. The number of benzene rings is 3. The summed E-state index contributed by atoms with van der Waals surface area (Å²) in [7, 11) is 0. The average Bonchev–Trinajstić information content (AvgIpc) is 3.10. The predicted molar refractivity (Wildman–Crippen MR) is 125 cm³/mol. The van der Waals surface area contributed by atoms with Gasteiger partial charge in [0.2, 0.25) is 0 Å². The number of hydrogen-bond donors (Lipinski definition) is 1. The molecular weight excluding hydrogens is 412 g/mol. The first-order valence-corrected chi connectivity index (χ1v) is 11.1. The SMILES string of the molecule is Cc1cccc(C(=O)NN2C(=O)[C@@H]3[C@@H](C2=O)[C@H](c2ccccc2)C=C[C@@H]3c2ccccc2)c1.